The monoisotopic (exact) mass is 336 g/mol. The predicted octanol–water partition coefficient (Wildman–Crippen LogP) is 3.27. The van der Waals surface area contributed by atoms with Gasteiger partial charge in [-0.25, -0.2) is 0 Å². The van der Waals surface area contributed by atoms with Crippen molar-refractivity contribution in [3.8, 4) is 11.5 Å². The number of hydrogen-bond donors (Lipinski definition) is 1. The molecule has 2 aromatic rings. The molecule has 2 rings (SSSR count). The highest BCUT2D eigenvalue weighted by atomic mass is 35.5. The number of carbonyl (C=O) groups excluding carboxylic acids is 1. The van der Waals surface area contributed by atoms with E-state index in [0.29, 0.717) is 16.5 Å². The van der Waals surface area contributed by atoms with E-state index in [1.54, 1.807) is 24.3 Å². The highest BCUT2D eigenvalue weighted by molar-refractivity contribution is 6.33. The number of ether oxygens (including phenoxy) is 2. The van der Waals surface area contributed by atoms with Crippen molar-refractivity contribution in [2.75, 3.05) is 19.0 Å². The third kappa shape index (κ3) is 4.33. The lowest BCUT2D eigenvalue weighted by atomic mass is 10.3. The number of methoxy groups -OCH3 is 1. The molecule has 0 unspecified atom stereocenters. The number of nitrogens with one attached hydrogen (secondary N) is 1. The third-order valence-corrected chi connectivity index (χ3v) is 3.19. The van der Waals surface area contributed by atoms with E-state index >= 15 is 0 Å². The third-order valence-electron chi connectivity index (χ3n) is 2.86. The van der Waals surface area contributed by atoms with Crippen LogP contribution in [0.3, 0.4) is 0 Å². The van der Waals surface area contributed by atoms with Crippen molar-refractivity contribution in [3.05, 3.63) is 57.6 Å². The molecule has 0 atom stereocenters. The number of anilines is 1. The molecule has 0 saturated carbocycles. The average molecular weight is 337 g/mol. The summed E-state index contributed by atoms with van der Waals surface area (Å²) in [6.45, 7) is -0.344. The van der Waals surface area contributed by atoms with Gasteiger partial charge in [-0.3, -0.25) is 14.9 Å². The molecule has 0 spiro atoms. The molecule has 1 amide bonds. The molecule has 0 bridgehead atoms. The fourth-order valence-electron chi connectivity index (χ4n) is 1.78. The lowest BCUT2D eigenvalue weighted by Gasteiger charge is -2.11. The quantitative estimate of drug-likeness (QED) is 0.645. The van der Waals surface area contributed by atoms with Crippen LogP contribution in [0, 0.1) is 10.1 Å². The van der Waals surface area contributed by atoms with Crippen molar-refractivity contribution >= 4 is 28.9 Å². The minimum atomic E-state index is -0.559. The lowest BCUT2D eigenvalue weighted by molar-refractivity contribution is -0.385. The summed E-state index contributed by atoms with van der Waals surface area (Å²) < 4.78 is 10.4. The summed E-state index contributed by atoms with van der Waals surface area (Å²) in [5, 5.41) is 13.8. The summed E-state index contributed by atoms with van der Waals surface area (Å²) in [6, 6.07) is 10.6. The highest BCUT2D eigenvalue weighted by Gasteiger charge is 2.14. The second kappa shape index (κ2) is 7.46. The zero-order chi connectivity index (χ0) is 16.8. The van der Waals surface area contributed by atoms with Gasteiger partial charge in [0.1, 0.15) is 0 Å². The van der Waals surface area contributed by atoms with Crippen LogP contribution in [0.2, 0.25) is 5.02 Å². The van der Waals surface area contributed by atoms with Crippen LogP contribution in [0.5, 0.6) is 11.5 Å². The van der Waals surface area contributed by atoms with Crippen molar-refractivity contribution in [1.29, 1.82) is 0 Å². The molecule has 0 heterocycles. The molecule has 0 aliphatic rings. The van der Waals surface area contributed by atoms with Gasteiger partial charge >= 0.3 is 0 Å². The van der Waals surface area contributed by atoms with E-state index in [1.165, 1.54) is 25.3 Å². The van der Waals surface area contributed by atoms with Gasteiger partial charge in [-0.2, -0.15) is 0 Å². The van der Waals surface area contributed by atoms with Gasteiger partial charge in [0, 0.05) is 6.07 Å². The summed E-state index contributed by atoms with van der Waals surface area (Å²) >= 11 is 5.94. The molecule has 8 heteroatoms. The molecule has 0 aliphatic heterocycles. The normalized spacial score (nSPS) is 10.0. The SMILES string of the molecule is COc1ccc([N+](=O)[O-])cc1OCC(=O)Nc1ccccc1Cl. The number of benzene rings is 2. The first kappa shape index (κ1) is 16.6. The Morgan fingerprint density at radius 1 is 1.26 bits per heavy atom. The first-order valence-corrected chi connectivity index (χ1v) is 6.88. The predicted molar refractivity (Wildman–Crippen MR) is 85.2 cm³/mol. The number of nitro benzene ring substituents is 1. The standard InChI is InChI=1S/C15H13ClN2O5/c1-22-13-7-6-10(18(20)21)8-14(13)23-9-15(19)17-12-5-3-2-4-11(12)16/h2-8H,9H2,1H3,(H,17,19). The molecule has 0 radical (unpaired) electrons. The van der Waals surface area contributed by atoms with E-state index in [4.69, 9.17) is 21.1 Å². The van der Waals surface area contributed by atoms with E-state index in [0.717, 1.165) is 0 Å². The van der Waals surface area contributed by atoms with E-state index in [9.17, 15) is 14.9 Å². The molecule has 0 fully saturated rings. The number of halogens is 1. The Kier molecular flexibility index (Phi) is 5.37. The smallest absolute Gasteiger partial charge is 0.273 e. The van der Waals surface area contributed by atoms with Gasteiger partial charge in [-0.05, 0) is 18.2 Å². The van der Waals surface area contributed by atoms with Crippen LogP contribution in [-0.4, -0.2) is 24.5 Å². The zero-order valence-electron chi connectivity index (χ0n) is 12.1. The Hall–Kier alpha value is -2.80. The summed E-state index contributed by atoms with van der Waals surface area (Å²) in [5.74, 6) is -0.0520. The number of carbonyl (C=O) groups is 1. The van der Waals surface area contributed by atoms with Gasteiger partial charge in [0.05, 0.1) is 28.8 Å². The van der Waals surface area contributed by atoms with Crippen molar-refractivity contribution in [3.63, 3.8) is 0 Å². The fraction of sp³-hybridized carbons (Fsp3) is 0.133. The van der Waals surface area contributed by atoms with E-state index < -0.39 is 10.8 Å². The molecular weight excluding hydrogens is 324 g/mol. The van der Waals surface area contributed by atoms with Crippen LogP contribution < -0.4 is 14.8 Å². The number of amides is 1. The fourth-order valence-corrected chi connectivity index (χ4v) is 1.97. The van der Waals surface area contributed by atoms with Gasteiger partial charge < -0.3 is 14.8 Å². The summed E-state index contributed by atoms with van der Waals surface area (Å²) in [7, 11) is 1.40. The van der Waals surface area contributed by atoms with Crippen LogP contribution in [0.1, 0.15) is 0 Å². The number of nitrogens with zero attached hydrogens (tertiary/aromatic N) is 1. The molecule has 1 N–H and O–H groups in total. The van der Waals surface area contributed by atoms with Crippen molar-refractivity contribution in [2.45, 2.75) is 0 Å². The summed E-state index contributed by atoms with van der Waals surface area (Å²) in [6.07, 6.45) is 0. The number of rotatable bonds is 6. The average Bonchev–Trinajstić information content (AvgIpc) is 2.54. The second-order valence-corrected chi connectivity index (χ2v) is 4.82. The Labute approximate surface area is 136 Å². The maximum atomic E-state index is 11.9. The van der Waals surface area contributed by atoms with Crippen LogP contribution in [0.25, 0.3) is 0 Å². The first-order chi connectivity index (χ1) is 11.0. The minimum Gasteiger partial charge on any atom is -0.493 e. The first-order valence-electron chi connectivity index (χ1n) is 6.51. The van der Waals surface area contributed by atoms with Crippen LogP contribution in [-0.2, 0) is 4.79 Å². The van der Waals surface area contributed by atoms with Gasteiger partial charge in [0.2, 0.25) is 0 Å². The minimum absolute atomic E-state index is 0.107. The van der Waals surface area contributed by atoms with Crippen LogP contribution in [0.15, 0.2) is 42.5 Å². The molecule has 0 aromatic heterocycles. The van der Waals surface area contributed by atoms with Gasteiger partial charge in [0.25, 0.3) is 11.6 Å². The second-order valence-electron chi connectivity index (χ2n) is 4.41. The van der Waals surface area contributed by atoms with Crippen LogP contribution >= 0.6 is 11.6 Å². The number of para-hydroxylation sites is 1. The van der Waals surface area contributed by atoms with Crippen molar-refractivity contribution in [1.82, 2.24) is 0 Å². The maximum Gasteiger partial charge on any atom is 0.273 e. The maximum absolute atomic E-state index is 11.9. The Bertz CT molecular complexity index is 736. The van der Waals surface area contributed by atoms with E-state index in [-0.39, 0.29) is 18.0 Å². The molecule has 0 aliphatic carbocycles. The lowest BCUT2D eigenvalue weighted by Crippen LogP contribution is -2.20. The molecule has 23 heavy (non-hydrogen) atoms. The molecule has 2 aromatic carbocycles. The zero-order valence-corrected chi connectivity index (χ0v) is 12.9. The summed E-state index contributed by atoms with van der Waals surface area (Å²) in [4.78, 5) is 22.1. The molecule has 0 saturated heterocycles. The topological polar surface area (TPSA) is 90.7 Å². The van der Waals surface area contributed by atoms with Crippen molar-refractivity contribution < 1.29 is 19.2 Å². The summed E-state index contributed by atoms with van der Waals surface area (Å²) in [5.41, 5.74) is 0.293. The van der Waals surface area contributed by atoms with Crippen molar-refractivity contribution in [2.24, 2.45) is 0 Å². The Balaban J connectivity index is 2.05. The number of hydrogen-bond acceptors (Lipinski definition) is 5. The number of non-ortho nitro benzene ring substituents is 1. The molecular formula is C15H13ClN2O5. The Morgan fingerprint density at radius 3 is 2.65 bits per heavy atom. The largest absolute Gasteiger partial charge is 0.493 e. The van der Waals surface area contributed by atoms with Crippen LogP contribution in [0.4, 0.5) is 11.4 Å². The molecule has 7 nitrogen and oxygen atoms in total. The van der Waals surface area contributed by atoms with Gasteiger partial charge in [0.15, 0.2) is 18.1 Å². The van der Waals surface area contributed by atoms with Gasteiger partial charge in [-0.15, -0.1) is 0 Å². The van der Waals surface area contributed by atoms with Gasteiger partial charge in [-0.1, -0.05) is 23.7 Å². The van der Waals surface area contributed by atoms with E-state index in [2.05, 4.69) is 5.32 Å². The Morgan fingerprint density at radius 2 is 2.00 bits per heavy atom. The van der Waals surface area contributed by atoms with E-state index in [1.807, 2.05) is 0 Å². The molecule has 120 valence electrons. The highest BCUT2D eigenvalue weighted by Crippen LogP contribution is 2.31. The number of nitro groups is 1.